The molecule has 0 saturated heterocycles. The summed E-state index contributed by atoms with van der Waals surface area (Å²) in [6.07, 6.45) is 0.580. The smallest absolute Gasteiger partial charge is 0.185 e. The fourth-order valence-electron chi connectivity index (χ4n) is 1.25. The first-order valence-corrected chi connectivity index (χ1v) is 4.59. The molecule has 0 spiro atoms. The maximum atomic E-state index is 13.0. The predicted octanol–water partition coefficient (Wildman–Crippen LogP) is 3.55. The molecule has 0 aliphatic rings. The minimum atomic E-state index is -0.404. The van der Waals surface area contributed by atoms with E-state index < -0.39 is 5.82 Å². The topological polar surface area (TPSA) is 30.2 Å². The lowest BCUT2D eigenvalue weighted by Crippen LogP contribution is -1.79. The summed E-state index contributed by atoms with van der Waals surface area (Å²) in [6.45, 7) is 0. The molecular weight excluding hydrogens is 219 g/mol. The van der Waals surface area contributed by atoms with E-state index >= 15 is 0 Å². The van der Waals surface area contributed by atoms with Crippen LogP contribution in [0.1, 0.15) is 10.6 Å². The molecule has 0 fully saturated rings. The van der Waals surface area contributed by atoms with Crippen LogP contribution < -0.4 is 0 Å². The minimum absolute atomic E-state index is 0.185. The molecule has 0 aliphatic heterocycles. The Labute approximate surface area is 90.3 Å². The number of hydrogen-bond acceptors (Lipinski definition) is 2. The predicted molar refractivity (Wildman–Crippen MR) is 54.5 cm³/mol. The summed E-state index contributed by atoms with van der Waals surface area (Å²) in [4.78, 5) is 10.4. The van der Waals surface area contributed by atoms with E-state index in [4.69, 9.17) is 16.0 Å². The molecule has 1 aromatic heterocycles. The van der Waals surface area contributed by atoms with Crippen molar-refractivity contribution in [2.24, 2.45) is 0 Å². The Bertz CT molecular complexity index is 505. The maximum Gasteiger partial charge on any atom is 0.185 e. The summed E-state index contributed by atoms with van der Waals surface area (Å²) >= 11 is 5.87. The maximum absolute atomic E-state index is 13.0. The van der Waals surface area contributed by atoms with Crippen molar-refractivity contribution in [2.45, 2.75) is 0 Å². The molecule has 4 heteroatoms. The first kappa shape index (κ1) is 9.93. The zero-order chi connectivity index (χ0) is 10.8. The van der Waals surface area contributed by atoms with Crippen molar-refractivity contribution >= 4 is 17.9 Å². The van der Waals surface area contributed by atoms with Gasteiger partial charge in [-0.1, -0.05) is 11.6 Å². The number of carbonyl (C=O) groups excluding carboxylic acids is 1. The van der Waals surface area contributed by atoms with E-state index in [2.05, 4.69) is 0 Å². The second-order valence-corrected chi connectivity index (χ2v) is 3.35. The van der Waals surface area contributed by atoms with E-state index in [0.29, 0.717) is 22.6 Å². The molecule has 0 atom stereocenters. The van der Waals surface area contributed by atoms with Crippen LogP contribution in [0.15, 0.2) is 34.7 Å². The summed E-state index contributed by atoms with van der Waals surface area (Å²) in [5, 5.41) is 0.378. The Morgan fingerprint density at radius 3 is 2.73 bits per heavy atom. The van der Waals surface area contributed by atoms with Crippen LogP contribution in [0.2, 0.25) is 5.02 Å². The van der Waals surface area contributed by atoms with Crippen LogP contribution >= 0.6 is 11.6 Å². The van der Waals surface area contributed by atoms with Gasteiger partial charge in [0.15, 0.2) is 12.0 Å². The van der Waals surface area contributed by atoms with Crippen molar-refractivity contribution in [1.82, 2.24) is 0 Å². The number of halogens is 2. The summed E-state index contributed by atoms with van der Waals surface area (Å²) in [5.41, 5.74) is 0.435. The fourth-order valence-corrected chi connectivity index (χ4v) is 1.46. The first-order chi connectivity index (χ1) is 7.20. The van der Waals surface area contributed by atoms with Crippen molar-refractivity contribution in [2.75, 3.05) is 0 Å². The lowest BCUT2D eigenvalue weighted by Gasteiger charge is -1.99. The van der Waals surface area contributed by atoms with Crippen LogP contribution in [0.5, 0.6) is 0 Å². The third-order valence-corrected chi connectivity index (χ3v) is 2.27. The van der Waals surface area contributed by atoms with Gasteiger partial charge in [0.25, 0.3) is 0 Å². The van der Waals surface area contributed by atoms with Crippen molar-refractivity contribution in [1.29, 1.82) is 0 Å². The number of carbonyl (C=O) groups is 1. The Kier molecular flexibility index (Phi) is 2.56. The second-order valence-electron chi connectivity index (χ2n) is 2.94. The van der Waals surface area contributed by atoms with Crippen molar-refractivity contribution in [3.63, 3.8) is 0 Å². The highest BCUT2D eigenvalue weighted by molar-refractivity contribution is 6.33. The Balaban J connectivity index is 2.52. The van der Waals surface area contributed by atoms with Gasteiger partial charge >= 0.3 is 0 Å². The van der Waals surface area contributed by atoms with Crippen LogP contribution in [-0.4, -0.2) is 6.29 Å². The van der Waals surface area contributed by atoms with Gasteiger partial charge in [0, 0.05) is 5.56 Å². The molecule has 0 bridgehead atoms. The lowest BCUT2D eigenvalue weighted by molar-refractivity contribution is 0.110. The van der Waals surface area contributed by atoms with Gasteiger partial charge in [0.2, 0.25) is 0 Å². The van der Waals surface area contributed by atoms with Gasteiger partial charge in [-0.2, -0.15) is 0 Å². The SMILES string of the molecule is O=Cc1ccc(-c2cc(F)ccc2Cl)o1. The van der Waals surface area contributed by atoms with Gasteiger partial charge < -0.3 is 4.42 Å². The molecule has 0 saturated carbocycles. The summed E-state index contributed by atoms with van der Waals surface area (Å²) in [7, 11) is 0. The van der Waals surface area contributed by atoms with E-state index in [-0.39, 0.29) is 5.76 Å². The molecule has 2 aromatic rings. The van der Waals surface area contributed by atoms with E-state index in [1.165, 1.54) is 24.3 Å². The molecule has 0 N–H and O–H groups in total. The van der Waals surface area contributed by atoms with Gasteiger partial charge in [0.05, 0.1) is 5.02 Å². The molecule has 1 aromatic carbocycles. The number of benzene rings is 1. The largest absolute Gasteiger partial charge is 0.453 e. The standard InChI is InChI=1S/C11H6ClFO2/c12-10-3-1-7(13)5-9(10)11-4-2-8(6-14)15-11/h1-6H. The van der Waals surface area contributed by atoms with E-state index in [0.717, 1.165) is 0 Å². The molecule has 2 nitrogen and oxygen atoms in total. The minimum Gasteiger partial charge on any atom is -0.453 e. The van der Waals surface area contributed by atoms with Crippen molar-refractivity contribution in [3.8, 4) is 11.3 Å². The second kappa shape index (κ2) is 3.87. The average Bonchev–Trinajstić information content (AvgIpc) is 2.70. The number of furan rings is 1. The highest BCUT2D eigenvalue weighted by atomic mass is 35.5. The van der Waals surface area contributed by atoms with Crippen LogP contribution in [-0.2, 0) is 0 Å². The molecule has 2 rings (SSSR count). The fraction of sp³-hybridized carbons (Fsp3) is 0. The van der Waals surface area contributed by atoms with Crippen molar-refractivity contribution < 1.29 is 13.6 Å². The quantitative estimate of drug-likeness (QED) is 0.731. The van der Waals surface area contributed by atoms with Gasteiger partial charge in [-0.15, -0.1) is 0 Å². The van der Waals surface area contributed by atoms with Crippen LogP contribution in [0, 0.1) is 5.82 Å². The molecule has 0 aliphatic carbocycles. The van der Waals surface area contributed by atoms with Gasteiger partial charge in [0.1, 0.15) is 11.6 Å². The van der Waals surface area contributed by atoms with Gasteiger partial charge in [-0.3, -0.25) is 4.79 Å². The Morgan fingerprint density at radius 2 is 2.07 bits per heavy atom. The Morgan fingerprint density at radius 1 is 1.27 bits per heavy atom. The Hall–Kier alpha value is -1.61. The monoisotopic (exact) mass is 224 g/mol. The zero-order valence-corrected chi connectivity index (χ0v) is 8.29. The highest BCUT2D eigenvalue weighted by Crippen LogP contribution is 2.29. The first-order valence-electron chi connectivity index (χ1n) is 4.21. The molecule has 0 radical (unpaired) electrons. The van der Waals surface area contributed by atoms with Crippen molar-refractivity contribution in [3.05, 3.63) is 46.9 Å². The number of aldehydes is 1. The number of rotatable bonds is 2. The lowest BCUT2D eigenvalue weighted by atomic mass is 10.2. The normalized spacial score (nSPS) is 10.3. The number of hydrogen-bond donors (Lipinski definition) is 0. The summed E-state index contributed by atoms with van der Waals surface area (Å²) in [6, 6.07) is 7.04. The third kappa shape index (κ3) is 1.92. The summed E-state index contributed by atoms with van der Waals surface area (Å²) in [5.74, 6) is 0.158. The molecule has 15 heavy (non-hydrogen) atoms. The van der Waals surface area contributed by atoms with E-state index in [9.17, 15) is 9.18 Å². The molecular formula is C11H6ClFO2. The zero-order valence-electron chi connectivity index (χ0n) is 7.54. The molecule has 1 heterocycles. The van der Waals surface area contributed by atoms with Crippen LogP contribution in [0.3, 0.4) is 0 Å². The summed E-state index contributed by atoms with van der Waals surface area (Å²) < 4.78 is 18.1. The van der Waals surface area contributed by atoms with E-state index in [1.54, 1.807) is 6.07 Å². The van der Waals surface area contributed by atoms with Gasteiger partial charge in [-0.25, -0.2) is 4.39 Å². The highest BCUT2D eigenvalue weighted by Gasteiger charge is 2.09. The van der Waals surface area contributed by atoms with E-state index in [1.807, 2.05) is 0 Å². The molecule has 76 valence electrons. The molecule has 0 unspecified atom stereocenters. The van der Waals surface area contributed by atoms with Crippen LogP contribution in [0.4, 0.5) is 4.39 Å². The van der Waals surface area contributed by atoms with Gasteiger partial charge in [-0.05, 0) is 30.3 Å². The van der Waals surface area contributed by atoms with Crippen LogP contribution in [0.25, 0.3) is 11.3 Å². The third-order valence-electron chi connectivity index (χ3n) is 1.94. The molecule has 0 amide bonds. The average molecular weight is 225 g/mol.